The molecule has 0 bridgehead atoms. The number of fused-ring (bicyclic) bond motifs is 29. The lowest BCUT2D eigenvalue weighted by Gasteiger charge is -2.30. The van der Waals surface area contributed by atoms with Gasteiger partial charge < -0.3 is 18.6 Å². The first-order valence-electron chi connectivity index (χ1n) is 44.9. The van der Waals surface area contributed by atoms with Crippen molar-refractivity contribution in [1.82, 2.24) is 0 Å². The molecule has 0 atom stereocenters. The Kier molecular flexibility index (Phi) is 15.7. The van der Waals surface area contributed by atoms with Crippen LogP contribution in [0.15, 0.2) is 458 Å². The van der Waals surface area contributed by atoms with Crippen LogP contribution in [-0.4, -0.2) is 0 Å². The van der Waals surface area contributed by atoms with Gasteiger partial charge in [-0.1, -0.05) is 378 Å². The first kappa shape index (κ1) is 73.0. The van der Waals surface area contributed by atoms with Crippen molar-refractivity contribution < 1.29 is 8.83 Å². The highest BCUT2D eigenvalue weighted by Gasteiger charge is 2.54. The van der Waals surface area contributed by atoms with Crippen molar-refractivity contribution in [3.63, 3.8) is 0 Å². The van der Waals surface area contributed by atoms with E-state index in [4.69, 9.17) is 8.83 Å². The van der Waals surface area contributed by atoms with Crippen LogP contribution in [-0.2, 0) is 16.2 Å². The summed E-state index contributed by atoms with van der Waals surface area (Å²) in [4.78, 5) is 4.82. The molecule has 0 fully saturated rings. The molecule has 2 spiro atoms. The van der Waals surface area contributed by atoms with Crippen molar-refractivity contribution in [3.05, 3.63) is 505 Å². The van der Waals surface area contributed by atoms with Crippen molar-refractivity contribution in [3.8, 4) is 122 Å². The third-order valence-corrected chi connectivity index (χ3v) is 29.1. The lowest BCUT2D eigenvalue weighted by molar-refractivity contribution is 0.660. The van der Waals surface area contributed by atoms with Gasteiger partial charge in [0, 0.05) is 49.7 Å². The van der Waals surface area contributed by atoms with E-state index < -0.39 is 10.8 Å². The smallest absolute Gasteiger partial charge is 0.160 e. The van der Waals surface area contributed by atoms with Crippen molar-refractivity contribution in [2.24, 2.45) is 0 Å². The highest BCUT2D eigenvalue weighted by Crippen LogP contribution is 2.67. The number of rotatable bonds is 12. The molecular formula is C125H80N2O2. The van der Waals surface area contributed by atoms with E-state index in [1.807, 2.05) is 0 Å². The second kappa shape index (κ2) is 27.8. The maximum atomic E-state index is 7.41. The molecule has 5 aliphatic rings. The summed E-state index contributed by atoms with van der Waals surface area (Å²) in [5.74, 6) is 0. The van der Waals surface area contributed by atoms with Gasteiger partial charge in [0.05, 0.1) is 22.2 Å². The number of nitrogens with zero attached hydrogens (tertiary/aromatic N) is 2. The molecule has 2 aromatic heterocycles. The normalized spacial score (nSPS) is 13.7. The Bertz CT molecular complexity index is 8380. The van der Waals surface area contributed by atoms with Crippen LogP contribution in [0.2, 0.25) is 0 Å². The summed E-state index contributed by atoms with van der Waals surface area (Å²) in [7, 11) is 0. The molecule has 22 aromatic rings. The average molecular weight is 1640 g/mol. The van der Waals surface area contributed by atoms with Gasteiger partial charge in [-0.2, -0.15) is 0 Å². The SMILES string of the molecule is CC1(C)c2ccccc2-c2ccc(N(c3ccc(-c4cccc(-c5cccc(-c6ccc(N(c7ccc(-c8ccccc8)cc7)c7ccc(-c8cccc9c8-c8ccccc8C98c9ccccc9-c9ccccc98)c8c7oc7ccccc78)cc6)c5)c4)cc3)c3ccc(-c4cccc5c4-c4ccccc4C54c5ccccc5-c5ccccc54)c4c3oc3ccccc34)cc21. The number of furan rings is 2. The second-order valence-electron chi connectivity index (χ2n) is 35.8. The number of hydrogen-bond donors (Lipinski definition) is 0. The monoisotopic (exact) mass is 1640 g/mol. The quantitative estimate of drug-likeness (QED) is 0.122. The summed E-state index contributed by atoms with van der Waals surface area (Å²) < 4.78 is 14.7. The van der Waals surface area contributed by atoms with Crippen LogP contribution in [0.1, 0.15) is 69.5 Å². The zero-order chi connectivity index (χ0) is 85.0. The van der Waals surface area contributed by atoms with Crippen LogP contribution in [0.4, 0.5) is 34.1 Å². The second-order valence-corrected chi connectivity index (χ2v) is 35.8. The van der Waals surface area contributed by atoms with Gasteiger partial charge in [0.1, 0.15) is 11.2 Å². The predicted molar refractivity (Wildman–Crippen MR) is 533 cm³/mol. The summed E-state index contributed by atoms with van der Waals surface area (Å²) in [6.45, 7) is 4.74. The van der Waals surface area contributed by atoms with E-state index in [0.29, 0.717) is 0 Å². The van der Waals surface area contributed by atoms with Gasteiger partial charge in [-0.3, -0.25) is 0 Å². The van der Waals surface area contributed by atoms with E-state index in [1.165, 1.54) is 128 Å². The van der Waals surface area contributed by atoms with E-state index in [9.17, 15) is 0 Å². The molecule has 129 heavy (non-hydrogen) atoms. The van der Waals surface area contributed by atoms with Gasteiger partial charge in [-0.25, -0.2) is 0 Å². The lowest BCUT2D eigenvalue weighted by atomic mass is 9.70. The first-order chi connectivity index (χ1) is 63.7. The Labute approximate surface area is 748 Å². The van der Waals surface area contributed by atoms with Crippen LogP contribution in [0.5, 0.6) is 0 Å². The molecule has 602 valence electrons. The topological polar surface area (TPSA) is 32.8 Å². The molecule has 0 saturated carbocycles. The van der Waals surface area contributed by atoms with Crippen molar-refractivity contribution in [2.45, 2.75) is 30.1 Å². The van der Waals surface area contributed by atoms with Crippen molar-refractivity contribution in [2.75, 3.05) is 9.80 Å². The summed E-state index contributed by atoms with van der Waals surface area (Å²) in [5, 5.41) is 4.31. The van der Waals surface area contributed by atoms with Crippen LogP contribution in [0.3, 0.4) is 0 Å². The predicted octanol–water partition coefficient (Wildman–Crippen LogP) is 33.4. The molecule has 4 heteroatoms. The van der Waals surface area contributed by atoms with E-state index >= 15 is 0 Å². The molecule has 0 aliphatic heterocycles. The summed E-state index contributed by atoms with van der Waals surface area (Å²) in [6.07, 6.45) is 0. The Balaban J connectivity index is 0.550. The van der Waals surface area contributed by atoms with E-state index in [2.05, 4.69) is 473 Å². The van der Waals surface area contributed by atoms with Gasteiger partial charge in [-0.05, 0) is 263 Å². The Hall–Kier alpha value is -16.4. The summed E-state index contributed by atoms with van der Waals surface area (Å²) in [5.41, 5.74) is 47.7. The molecular weight excluding hydrogens is 1560 g/mol. The van der Waals surface area contributed by atoms with Crippen LogP contribution < -0.4 is 9.80 Å². The highest BCUT2D eigenvalue weighted by atomic mass is 16.3. The number of benzene rings is 20. The zero-order valence-corrected chi connectivity index (χ0v) is 70.9. The standard InChI is InChI=1S/C125H80N2O2/c1-123(2)103-45-15-6-34-89(103)94-69-68-88(76-112(94)123)127(114-73-71-98(120-102-42-14-23-55-116(102)129-122(114)120)96-44-27-53-111-118(96)100-40-12-21-51-109(100)125(111)106-48-18-9-37-92(106)93-38-10-19-49-107(93)125)87-66-60-80(61-67-87)82-31-25-33-84(75-82)83-32-24-30-81(74-83)79-58-64-86(65-59-79)126(85-62-56-78(57-63-85)77-28-4-3-5-29-77)113-72-70-97(119-101-41-13-22-54-115(101)128-121(113)119)95-43-26-52-110-117(95)99-39-11-20-50-108(99)124(110)104-46-16-7-35-90(104)91-36-8-17-47-105(91)124/h3-76H,1-2H3. The zero-order valence-electron chi connectivity index (χ0n) is 70.9. The Morgan fingerprint density at radius 1 is 0.186 bits per heavy atom. The van der Waals surface area contributed by atoms with E-state index in [0.717, 1.165) is 128 Å². The summed E-state index contributed by atoms with van der Waals surface area (Å²) >= 11 is 0. The Morgan fingerprint density at radius 2 is 0.465 bits per heavy atom. The third-order valence-electron chi connectivity index (χ3n) is 29.1. The largest absolute Gasteiger partial charge is 0.454 e. The van der Waals surface area contributed by atoms with Gasteiger partial charge >= 0.3 is 0 Å². The molecule has 0 saturated heterocycles. The Morgan fingerprint density at radius 3 is 0.891 bits per heavy atom. The highest BCUT2D eigenvalue weighted by molar-refractivity contribution is 6.21. The maximum absolute atomic E-state index is 7.41. The molecule has 4 nitrogen and oxygen atoms in total. The van der Waals surface area contributed by atoms with Gasteiger partial charge in [0.25, 0.3) is 0 Å². The maximum Gasteiger partial charge on any atom is 0.160 e. The van der Waals surface area contributed by atoms with Crippen LogP contribution in [0.25, 0.3) is 166 Å². The molecule has 0 radical (unpaired) electrons. The number of para-hydroxylation sites is 2. The molecule has 0 amide bonds. The molecule has 0 unspecified atom stereocenters. The minimum Gasteiger partial charge on any atom is -0.454 e. The fourth-order valence-electron chi connectivity index (χ4n) is 23.6. The summed E-state index contributed by atoms with van der Waals surface area (Å²) in [6, 6.07) is 167. The van der Waals surface area contributed by atoms with Gasteiger partial charge in [0.2, 0.25) is 0 Å². The lowest BCUT2D eigenvalue weighted by Crippen LogP contribution is -2.25. The van der Waals surface area contributed by atoms with Crippen LogP contribution >= 0.6 is 0 Å². The minimum atomic E-state index is -0.489. The van der Waals surface area contributed by atoms with Gasteiger partial charge in [-0.15, -0.1) is 0 Å². The van der Waals surface area contributed by atoms with E-state index in [1.54, 1.807) is 0 Å². The molecule has 20 aromatic carbocycles. The number of anilines is 6. The van der Waals surface area contributed by atoms with Crippen molar-refractivity contribution >= 4 is 78.0 Å². The molecule has 5 aliphatic carbocycles. The van der Waals surface area contributed by atoms with Gasteiger partial charge in [0.15, 0.2) is 11.2 Å². The minimum absolute atomic E-state index is 0.240. The fraction of sp³-hybridized carbons (Fsp3) is 0.0400. The molecule has 27 rings (SSSR count). The fourth-order valence-corrected chi connectivity index (χ4v) is 23.6. The van der Waals surface area contributed by atoms with E-state index in [-0.39, 0.29) is 5.41 Å². The third kappa shape index (κ3) is 10.4. The van der Waals surface area contributed by atoms with Crippen LogP contribution in [0, 0.1) is 0 Å². The first-order valence-corrected chi connectivity index (χ1v) is 44.9. The number of hydrogen-bond acceptors (Lipinski definition) is 4. The van der Waals surface area contributed by atoms with Crippen molar-refractivity contribution in [1.29, 1.82) is 0 Å². The average Bonchev–Trinajstić information content (AvgIpc) is 1.51. The molecule has 2 heterocycles. The molecule has 0 N–H and O–H groups in total.